The second-order valence-corrected chi connectivity index (χ2v) is 4.85. The van der Waals surface area contributed by atoms with Gasteiger partial charge in [0.15, 0.2) is 0 Å². The number of nitrogens with zero attached hydrogens (tertiary/aromatic N) is 1. The van der Waals surface area contributed by atoms with Crippen LogP contribution >= 0.6 is 0 Å². The summed E-state index contributed by atoms with van der Waals surface area (Å²) < 4.78 is 0. The SMILES string of the molecule is CC(CCNC(=O)N(CC(N)=O)CC(N)=O)CCC(=O)O. The molecule has 6 N–H and O–H groups in total. The predicted molar refractivity (Wildman–Crippen MR) is 74.0 cm³/mol. The van der Waals surface area contributed by atoms with Gasteiger partial charge in [0.1, 0.15) is 13.1 Å². The third-order valence-corrected chi connectivity index (χ3v) is 2.74. The van der Waals surface area contributed by atoms with Gasteiger partial charge in [-0.15, -0.1) is 0 Å². The van der Waals surface area contributed by atoms with Crippen molar-refractivity contribution in [3.63, 3.8) is 0 Å². The van der Waals surface area contributed by atoms with Crippen LogP contribution in [-0.4, -0.2) is 53.5 Å². The number of hydrogen-bond acceptors (Lipinski definition) is 4. The molecule has 0 fully saturated rings. The van der Waals surface area contributed by atoms with Gasteiger partial charge in [-0.05, 0) is 18.8 Å². The van der Waals surface area contributed by atoms with Gasteiger partial charge < -0.3 is 26.8 Å². The summed E-state index contributed by atoms with van der Waals surface area (Å²) in [6, 6.07) is -0.613. The molecule has 0 aliphatic rings. The first-order chi connectivity index (χ1) is 9.72. The van der Waals surface area contributed by atoms with E-state index in [0.717, 1.165) is 4.90 Å². The molecule has 4 amide bonds. The van der Waals surface area contributed by atoms with Gasteiger partial charge in [-0.3, -0.25) is 14.4 Å². The molecule has 0 spiro atoms. The van der Waals surface area contributed by atoms with E-state index in [2.05, 4.69) is 5.32 Å². The molecular weight excluding hydrogens is 280 g/mol. The van der Waals surface area contributed by atoms with E-state index < -0.39 is 36.9 Å². The second kappa shape index (κ2) is 9.56. The summed E-state index contributed by atoms with van der Waals surface area (Å²) in [4.78, 5) is 44.7. The Hall–Kier alpha value is -2.32. The minimum atomic E-state index is -0.861. The number of rotatable bonds is 10. The third kappa shape index (κ3) is 10.2. The molecule has 0 aliphatic carbocycles. The minimum absolute atomic E-state index is 0.0740. The van der Waals surface area contributed by atoms with E-state index in [1.165, 1.54) is 0 Å². The molecule has 0 aliphatic heterocycles. The highest BCUT2D eigenvalue weighted by atomic mass is 16.4. The lowest BCUT2D eigenvalue weighted by Crippen LogP contribution is -2.48. The van der Waals surface area contributed by atoms with E-state index in [-0.39, 0.29) is 12.3 Å². The Kier molecular flexibility index (Phi) is 8.51. The average molecular weight is 302 g/mol. The highest BCUT2D eigenvalue weighted by molar-refractivity contribution is 5.87. The van der Waals surface area contributed by atoms with Crippen LogP contribution in [0.15, 0.2) is 0 Å². The number of carboxylic acids is 1. The second-order valence-electron chi connectivity index (χ2n) is 4.85. The first-order valence-corrected chi connectivity index (χ1v) is 6.53. The summed E-state index contributed by atoms with van der Waals surface area (Å²) in [6.45, 7) is 1.38. The van der Waals surface area contributed by atoms with Crippen LogP contribution in [0.3, 0.4) is 0 Å². The van der Waals surface area contributed by atoms with Crippen LogP contribution in [0.5, 0.6) is 0 Å². The molecule has 0 saturated carbocycles. The van der Waals surface area contributed by atoms with Crippen molar-refractivity contribution in [2.75, 3.05) is 19.6 Å². The van der Waals surface area contributed by atoms with Crippen LogP contribution in [0.4, 0.5) is 4.79 Å². The van der Waals surface area contributed by atoms with Crippen LogP contribution in [0.25, 0.3) is 0 Å². The van der Waals surface area contributed by atoms with E-state index >= 15 is 0 Å². The molecule has 0 aromatic carbocycles. The van der Waals surface area contributed by atoms with E-state index in [9.17, 15) is 19.2 Å². The quantitative estimate of drug-likeness (QED) is 0.401. The Bertz CT molecular complexity index is 383. The summed E-state index contributed by atoms with van der Waals surface area (Å²) in [5.74, 6) is -2.23. The van der Waals surface area contributed by atoms with Crippen LogP contribution in [-0.2, 0) is 14.4 Å². The largest absolute Gasteiger partial charge is 0.481 e. The van der Waals surface area contributed by atoms with Gasteiger partial charge in [0.25, 0.3) is 0 Å². The average Bonchev–Trinajstić information content (AvgIpc) is 2.34. The smallest absolute Gasteiger partial charge is 0.318 e. The fourth-order valence-corrected chi connectivity index (χ4v) is 1.63. The number of nitrogens with one attached hydrogen (secondary N) is 1. The maximum Gasteiger partial charge on any atom is 0.318 e. The zero-order valence-corrected chi connectivity index (χ0v) is 12.0. The molecule has 0 aromatic heterocycles. The summed E-state index contributed by atoms with van der Waals surface area (Å²) in [5, 5.41) is 11.1. The molecule has 1 unspecified atom stereocenters. The maximum atomic E-state index is 11.8. The number of urea groups is 1. The first kappa shape index (κ1) is 18.7. The van der Waals surface area contributed by atoms with Crippen molar-refractivity contribution >= 4 is 23.8 Å². The van der Waals surface area contributed by atoms with Crippen LogP contribution in [0, 0.1) is 5.92 Å². The molecular formula is C12H22N4O5. The number of carbonyl (C=O) groups is 4. The molecule has 0 radical (unpaired) electrons. The van der Waals surface area contributed by atoms with Crippen molar-refractivity contribution in [1.82, 2.24) is 10.2 Å². The lowest BCUT2D eigenvalue weighted by molar-refractivity contribution is -0.137. The number of hydrogen-bond donors (Lipinski definition) is 4. The van der Waals surface area contributed by atoms with Crippen molar-refractivity contribution in [3.05, 3.63) is 0 Å². The molecule has 0 bridgehead atoms. The van der Waals surface area contributed by atoms with Crippen molar-refractivity contribution in [1.29, 1.82) is 0 Å². The first-order valence-electron chi connectivity index (χ1n) is 6.53. The molecule has 1 atom stereocenters. The van der Waals surface area contributed by atoms with Crippen LogP contribution in [0.1, 0.15) is 26.2 Å². The summed E-state index contributed by atoms with van der Waals surface area (Å²) in [6.07, 6.45) is 1.17. The van der Waals surface area contributed by atoms with Gasteiger partial charge in [0.2, 0.25) is 11.8 Å². The van der Waals surface area contributed by atoms with Crippen molar-refractivity contribution in [2.45, 2.75) is 26.2 Å². The zero-order chi connectivity index (χ0) is 16.4. The maximum absolute atomic E-state index is 11.8. The zero-order valence-electron chi connectivity index (χ0n) is 12.0. The Balaban J connectivity index is 4.15. The molecule has 120 valence electrons. The molecule has 21 heavy (non-hydrogen) atoms. The number of amides is 4. The van der Waals surface area contributed by atoms with E-state index in [4.69, 9.17) is 16.6 Å². The van der Waals surface area contributed by atoms with Crippen LogP contribution in [0.2, 0.25) is 0 Å². The predicted octanol–water partition coefficient (Wildman–Crippen LogP) is -1.14. The van der Waals surface area contributed by atoms with E-state index in [1.54, 1.807) is 0 Å². The molecule has 0 heterocycles. The molecule has 0 aromatic rings. The highest BCUT2D eigenvalue weighted by Crippen LogP contribution is 2.09. The number of carboxylic acid groups (broad SMARTS) is 1. The fraction of sp³-hybridized carbons (Fsp3) is 0.667. The van der Waals surface area contributed by atoms with Gasteiger partial charge in [0, 0.05) is 13.0 Å². The van der Waals surface area contributed by atoms with Crippen molar-refractivity contribution in [3.8, 4) is 0 Å². The number of aliphatic carboxylic acids is 1. The van der Waals surface area contributed by atoms with E-state index in [0.29, 0.717) is 19.4 Å². The summed E-state index contributed by atoms with van der Waals surface area (Å²) in [7, 11) is 0. The number of primary amides is 2. The standard InChI is InChI=1S/C12H22N4O5/c1-8(2-3-11(19)20)4-5-15-12(21)16(6-9(13)17)7-10(14)18/h8H,2-7H2,1H3,(H2,13,17)(H2,14,18)(H,15,21)(H,19,20). The van der Waals surface area contributed by atoms with Gasteiger partial charge in [-0.2, -0.15) is 0 Å². The summed E-state index contributed by atoms with van der Waals surface area (Å²) >= 11 is 0. The van der Waals surface area contributed by atoms with E-state index in [1.807, 2.05) is 6.92 Å². The minimum Gasteiger partial charge on any atom is -0.481 e. The Labute approximate surface area is 122 Å². The fourth-order valence-electron chi connectivity index (χ4n) is 1.63. The van der Waals surface area contributed by atoms with Crippen molar-refractivity contribution < 1.29 is 24.3 Å². The molecule has 0 saturated heterocycles. The molecule has 9 nitrogen and oxygen atoms in total. The van der Waals surface area contributed by atoms with Gasteiger partial charge in [-0.1, -0.05) is 6.92 Å². The highest BCUT2D eigenvalue weighted by Gasteiger charge is 2.17. The Morgan fingerprint density at radius 1 is 1.10 bits per heavy atom. The van der Waals surface area contributed by atoms with Gasteiger partial charge >= 0.3 is 12.0 Å². The lowest BCUT2D eigenvalue weighted by Gasteiger charge is -2.20. The monoisotopic (exact) mass is 302 g/mol. The lowest BCUT2D eigenvalue weighted by atomic mass is 10.0. The summed E-state index contributed by atoms with van der Waals surface area (Å²) in [5.41, 5.74) is 9.97. The van der Waals surface area contributed by atoms with Gasteiger partial charge in [-0.25, -0.2) is 4.79 Å². The van der Waals surface area contributed by atoms with Gasteiger partial charge in [0.05, 0.1) is 0 Å². The Morgan fingerprint density at radius 3 is 2.05 bits per heavy atom. The molecule has 9 heteroatoms. The number of nitrogens with two attached hydrogens (primary N) is 2. The normalized spacial score (nSPS) is 11.5. The topological polar surface area (TPSA) is 156 Å². The van der Waals surface area contributed by atoms with Crippen LogP contribution < -0.4 is 16.8 Å². The Morgan fingerprint density at radius 2 is 1.62 bits per heavy atom. The third-order valence-electron chi connectivity index (χ3n) is 2.74. The van der Waals surface area contributed by atoms with Crippen molar-refractivity contribution in [2.24, 2.45) is 17.4 Å². The molecule has 0 rings (SSSR count). The number of carbonyl (C=O) groups excluding carboxylic acids is 3.